The van der Waals surface area contributed by atoms with E-state index in [0.29, 0.717) is 0 Å². The second-order valence-electron chi connectivity index (χ2n) is 4.75. The summed E-state index contributed by atoms with van der Waals surface area (Å²) in [4.78, 5) is 14.1. The number of thiophene rings is 1. The lowest BCUT2D eigenvalue weighted by Gasteiger charge is -2.21. The number of nitrogens with two attached hydrogens (primary N) is 1. The molecule has 0 amide bonds. The summed E-state index contributed by atoms with van der Waals surface area (Å²) in [7, 11) is 2.97. The summed E-state index contributed by atoms with van der Waals surface area (Å²) >= 11 is 1.64. The Hall–Kier alpha value is -1.85. The molecule has 0 fully saturated rings. The van der Waals surface area contributed by atoms with Crippen LogP contribution in [0.15, 0.2) is 36.4 Å². The molecule has 21 heavy (non-hydrogen) atoms. The van der Waals surface area contributed by atoms with Gasteiger partial charge in [0.2, 0.25) is 0 Å². The van der Waals surface area contributed by atoms with Gasteiger partial charge in [-0.1, -0.05) is 12.1 Å². The average Bonchev–Trinajstić information content (AvgIpc) is 2.93. The van der Waals surface area contributed by atoms with Gasteiger partial charge in [-0.15, -0.1) is 11.3 Å². The van der Waals surface area contributed by atoms with Crippen LogP contribution in [0, 0.1) is 6.92 Å². The van der Waals surface area contributed by atoms with Gasteiger partial charge in [-0.3, -0.25) is 4.79 Å². The monoisotopic (exact) mass is 305 g/mol. The molecule has 2 rings (SSSR count). The van der Waals surface area contributed by atoms with E-state index in [1.54, 1.807) is 18.4 Å². The zero-order valence-corrected chi connectivity index (χ0v) is 13.1. The molecule has 1 aromatic heterocycles. The minimum atomic E-state index is -0.735. The van der Waals surface area contributed by atoms with Crippen LogP contribution in [-0.2, 0) is 9.53 Å². The highest BCUT2D eigenvalue weighted by Gasteiger charge is 2.29. The van der Waals surface area contributed by atoms with Crippen molar-refractivity contribution in [2.45, 2.75) is 18.9 Å². The molecule has 0 unspecified atom stereocenters. The fourth-order valence-electron chi connectivity index (χ4n) is 2.25. The van der Waals surface area contributed by atoms with Crippen LogP contribution in [0.1, 0.15) is 21.2 Å². The Morgan fingerprint density at radius 2 is 1.81 bits per heavy atom. The topological polar surface area (TPSA) is 61.5 Å². The maximum absolute atomic E-state index is 11.9. The van der Waals surface area contributed by atoms with Gasteiger partial charge < -0.3 is 15.2 Å². The molecule has 2 aromatic rings. The predicted molar refractivity (Wildman–Crippen MR) is 83.9 cm³/mol. The number of rotatable bonds is 5. The quantitative estimate of drug-likeness (QED) is 0.863. The van der Waals surface area contributed by atoms with Crippen LogP contribution < -0.4 is 10.5 Å². The van der Waals surface area contributed by atoms with Crippen molar-refractivity contribution in [3.05, 3.63) is 51.7 Å². The summed E-state index contributed by atoms with van der Waals surface area (Å²) in [6, 6.07) is 10.9. The van der Waals surface area contributed by atoms with E-state index in [-0.39, 0.29) is 5.92 Å². The first-order chi connectivity index (χ1) is 10.1. The predicted octanol–water partition coefficient (Wildman–Crippen LogP) is 2.70. The lowest BCUT2D eigenvalue weighted by molar-refractivity contribution is -0.142. The molecule has 112 valence electrons. The molecule has 0 saturated heterocycles. The minimum absolute atomic E-state index is 0.220. The van der Waals surface area contributed by atoms with E-state index in [9.17, 15) is 4.79 Å². The van der Waals surface area contributed by atoms with Gasteiger partial charge in [0.05, 0.1) is 14.2 Å². The van der Waals surface area contributed by atoms with E-state index in [1.165, 1.54) is 12.0 Å². The normalized spacial score (nSPS) is 13.5. The molecule has 4 nitrogen and oxygen atoms in total. The summed E-state index contributed by atoms with van der Waals surface area (Å²) < 4.78 is 9.97. The molecule has 0 aliphatic rings. The zero-order valence-electron chi connectivity index (χ0n) is 12.3. The van der Waals surface area contributed by atoms with E-state index in [4.69, 9.17) is 15.2 Å². The van der Waals surface area contributed by atoms with Gasteiger partial charge in [0.25, 0.3) is 0 Å². The first-order valence-electron chi connectivity index (χ1n) is 6.60. The Morgan fingerprint density at radius 1 is 1.14 bits per heavy atom. The van der Waals surface area contributed by atoms with Crippen molar-refractivity contribution in [3.8, 4) is 5.75 Å². The average molecular weight is 305 g/mol. The van der Waals surface area contributed by atoms with Crippen LogP contribution in [0.4, 0.5) is 0 Å². The molecule has 0 bridgehead atoms. The van der Waals surface area contributed by atoms with Crippen LogP contribution in [0.2, 0.25) is 0 Å². The Balaban J connectivity index is 2.41. The largest absolute Gasteiger partial charge is 0.497 e. The molecular weight excluding hydrogens is 286 g/mol. The fraction of sp³-hybridized carbons (Fsp3) is 0.312. The summed E-state index contributed by atoms with van der Waals surface area (Å²) in [5.41, 5.74) is 7.08. The number of hydrogen-bond donors (Lipinski definition) is 1. The van der Waals surface area contributed by atoms with Gasteiger partial charge in [0, 0.05) is 15.7 Å². The molecular formula is C16H19NO3S. The maximum Gasteiger partial charge on any atom is 0.323 e. The van der Waals surface area contributed by atoms with Crippen molar-refractivity contribution in [1.82, 2.24) is 0 Å². The van der Waals surface area contributed by atoms with Gasteiger partial charge in [-0.25, -0.2) is 0 Å². The van der Waals surface area contributed by atoms with Crippen molar-refractivity contribution in [2.75, 3.05) is 14.2 Å². The van der Waals surface area contributed by atoms with Crippen molar-refractivity contribution in [2.24, 2.45) is 5.73 Å². The van der Waals surface area contributed by atoms with Crippen molar-refractivity contribution < 1.29 is 14.3 Å². The van der Waals surface area contributed by atoms with E-state index in [1.807, 2.05) is 43.3 Å². The minimum Gasteiger partial charge on any atom is -0.497 e. The summed E-state index contributed by atoms with van der Waals surface area (Å²) in [6.07, 6.45) is 0. The van der Waals surface area contributed by atoms with Gasteiger partial charge in [-0.2, -0.15) is 0 Å². The van der Waals surface area contributed by atoms with Gasteiger partial charge in [0.1, 0.15) is 11.8 Å². The number of hydrogen-bond acceptors (Lipinski definition) is 5. The third kappa shape index (κ3) is 3.43. The zero-order chi connectivity index (χ0) is 15.4. The van der Waals surface area contributed by atoms with Gasteiger partial charge >= 0.3 is 5.97 Å². The molecule has 2 atom stereocenters. The van der Waals surface area contributed by atoms with Crippen molar-refractivity contribution in [1.29, 1.82) is 0 Å². The SMILES string of the molecule is COC(=O)[C@@H](N)[C@@H](c1ccc(OC)cc1)c1ccc(C)s1. The summed E-state index contributed by atoms with van der Waals surface area (Å²) in [6.45, 7) is 2.03. The summed E-state index contributed by atoms with van der Waals surface area (Å²) in [5, 5.41) is 0. The number of esters is 1. The lowest BCUT2D eigenvalue weighted by Crippen LogP contribution is -2.37. The summed E-state index contributed by atoms with van der Waals surface area (Å²) in [5.74, 6) is 0.135. The Kier molecular flexibility index (Phi) is 4.98. The first kappa shape index (κ1) is 15.5. The number of methoxy groups -OCH3 is 2. The lowest BCUT2D eigenvalue weighted by atomic mass is 9.90. The van der Waals surface area contributed by atoms with E-state index < -0.39 is 12.0 Å². The maximum atomic E-state index is 11.9. The van der Waals surface area contributed by atoms with Crippen LogP contribution in [-0.4, -0.2) is 26.2 Å². The van der Waals surface area contributed by atoms with Crippen LogP contribution >= 0.6 is 11.3 Å². The first-order valence-corrected chi connectivity index (χ1v) is 7.42. The molecule has 1 heterocycles. The molecule has 5 heteroatoms. The van der Waals surface area contributed by atoms with E-state index >= 15 is 0 Å². The number of ether oxygens (including phenoxy) is 2. The van der Waals surface area contributed by atoms with Crippen molar-refractivity contribution >= 4 is 17.3 Å². The van der Waals surface area contributed by atoms with E-state index in [2.05, 4.69) is 0 Å². The van der Waals surface area contributed by atoms with Crippen LogP contribution in [0.3, 0.4) is 0 Å². The Bertz CT molecular complexity index is 606. The number of carbonyl (C=O) groups excluding carboxylic acids is 1. The molecule has 0 aliphatic heterocycles. The highest BCUT2D eigenvalue weighted by molar-refractivity contribution is 7.12. The number of carbonyl (C=O) groups is 1. The molecule has 0 aliphatic carbocycles. The molecule has 1 aromatic carbocycles. The van der Waals surface area contributed by atoms with Gasteiger partial charge in [-0.05, 0) is 36.8 Å². The van der Waals surface area contributed by atoms with E-state index in [0.717, 1.165) is 16.2 Å². The highest BCUT2D eigenvalue weighted by Crippen LogP contribution is 2.33. The third-order valence-corrected chi connectivity index (χ3v) is 4.46. The second-order valence-corrected chi connectivity index (χ2v) is 6.07. The van der Waals surface area contributed by atoms with Crippen LogP contribution in [0.5, 0.6) is 5.75 Å². The number of aryl methyl sites for hydroxylation is 1. The molecule has 0 spiro atoms. The van der Waals surface area contributed by atoms with Gasteiger partial charge in [0.15, 0.2) is 0 Å². The highest BCUT2D eigenvalue weighted by atomic mass is 32.1. The van der Waals surface area contributed by atoms with Crippen LogP contribution in [0.25, 0.3) is 0 Å². The smallest absolute Gasteiger partial charge is 0.323 e. The third-order valence-electron chi connectivity index (χ3n) is 3.38. The Labute approximate surface area is 128 Å². The van der Waals surface area contributed by atoms with Crippen molar-refractivity contribution in [3.63, 3.8) is 0 Å². The molecule has 2 N–H and O–H groups in total. The number of benzene rings is 1. The fourth-order valence-corrected chi connectivity index (χ4v) is 3.31. The molecule has 0 radical (unpaired) electrons. The molecule has 0 saturated carbocycles. The Morgan fingerprint density at radius 3 is 2.29 bits per heavy atom. The standard InChI is InChI=1S/C16H19NO3S/c1-10-4-9-13(21-10)14(15(17)16(18)20-3)11-5-7-12(19-2)8-6-11/h4-9,14-15H,17H2,1-3H3/t14-,15-/m0/s1. The second kappa shape index (κ2) is 6.74.